The summed E-state index contributed by atoms with van der Waals surface area (Å²) in [4.78, 5) is 13.9. The molecule has 88 valence electrons. The summed E-state index contributed by atoms with van der Waals surface area (Å²) in [5.41, 5.74) is 0. The Labute approximate surface area is 94.0 Å². The molecule has 15 heavy (non-hydrogen) atoms. The van der Waals surface area contributed by atoms with E-state index in [9.17, 15) is 4.79 Å². The number of hydrogen-bond acceptors (Lipinski definition) is 2. The molecule has 2 unspecified atom stereocenters. The number of rotatable bonds is 4. The van der Waals surface area contributed by atoms with Gasteiger partial charge in [-0.05, 0) is 25.7 Å². The molecule has 2 nitrogen and oxygen atoms in total. The lowest BCUT2D eigenvalue weighted by molar-refractivity contribution is -0.126. The van der Waals surface area contributed by atoms with Crippen molar-refractivity contribution >= 4 is 5.78 Å². The minimum atomic E-state index is 0.250. The second kappa shape index (κ2) is 5.64. The van der Waals surface area contributed by atoms with E-state index in [-0.39, 0.29) is 5.92 Å². The van der Waals surface area contributed by atoms with Gasteiger partial charge in [0.25, 0.3) is 0 Å². The Kier molecular flexibility index (Phi) is 4.78. The summed E-state index contributed by atoms with van der Waals surface area (Å²) in [6, 6.07) is 0.642. The van der Waals surface area contributed by atoms with Crippen molar-refractivity contribution < 1.29 is 4.79 Å². The predicted molar refractivity (Wildman–Crippen MR) is 63.9 cm³/mol. The molecule has 0 aliphatic carbocycles. The lowest BCUT2D eigenvalue weighted by atomic mass is 9.95. The van der Waals surface area contributed by atoms with Gasteiger partial charge in [-0.2, -0.15) is 0 Å². The molecule has 0 aromatic heterocycles. The molecule has 0 radical (unpaired) electrons. The van der Waals surface area contributed by atoms with Gasteiger partial charge in [0, 0.05) is 31.5 Å². The first-order valence-electron chi connectivity index (χ1n) is 6.27. The number of likely N-dealkylation sites (tertiary alicyclic amines) is 1. The van der Waals surface area contributed by atoms with E-state index >= 15 is 0 Å². The fraction of sp³-hybridized carbons (Fsp3) is 0.923. The van der Waals surface area contributed by atoms with E-state index in [0.29, 0.717) is 11.8 Å². The number of ketones is 1. The molecule has 0 amide bonds. The largest absolute Gasteiger partial charge is 0.300 e. The van der Waals surface area contributed by atoms with E-state index in [1.54, 1.807) is 0 Å². The van der Waals surface area contributed by atoms with Crippen LogP contribution in [0.15, 0.2) is 0 Å². The molecule has 1 saturated heterocycles. The Hall–Kier alpha value is -0.370. The fourth-order valence-electron chi connectivity index (χ4n) is 2.20. The molecule has 0 saturated carbocycles. The SMILES string of the molecule is CC(C)CCC(C)N1CCC(=O)C(C)C1. The molecule has 0 spiro atoms. The second-order valence-corrected chi connectivity index (χ2v) is 5.43. The third-order valence-electron chi connectivity index (χ3n) is 3.49. The first-order chi connectivity index (χ1) is 7.00. The van der Waals surface area contributed by atoms with Gasteiger partial charge < -0.3 is 0 Å². The molecule has 0 bridgehead atoms. The van der Waals surface area contributed by atoms with Crippen molar-refractivity contribution in [3.8, 4) is 0 Å². The summed E-state index contributed by atoms with van der Waals surface area (Å²) in [6.07, 6.45) is 3.31. The smallest absolute Gasteiger partial charge is 0.138 e. The van der Waals surface area contributed by atoms with Gasteiger partial charge in [-0.25, -0.2) is 0 Å². The van der Waals surface area contributed by atoms with Gasteiger partial charge in [-0.1, -0.05) is 20.8 Å². The van der Waals surface area contributed by atoms with Crippen LogP contribution in [0.5, 0.6) is 0 Å². The Bertz CT molecular complexity index is 213. The Morgan fingerprint density at radius 3 is 2.53 bits per heavy atom. The molecule has 1 aliphatic heterocycles. The van der Waals surface area contributed by atoms with Crippen LogP contribution in [-0.4, -0.2) is 29.8 Å². The maximum Gasteiger partial charge on any atom is 0.138 e. The van der Waals surface area contributed by atoms with Gasteiger partial charge in [0.05, 0.1) is 0 Å². The number of carbonyl (C=O) groups excluding carboxylic acids is 1. The van der Waals surface area contributed by atoms with Gasteiger partial charge in [0.15, 0.2) is 0 Å². The summed E-state index contributed by atoms with van der Waals surface area (Å²) < 4.78 is 0. The summed E-state index contributed by atoms with van der Waals surface area (Å²) in [5.74, 6) is 1.49. The van der Waals surface area contributed by atoms with Crippen molar-refractivity contribution in [3.05, 3.63) is 0 Å². The van der Waals surface area contributed by atoms with Crippen molar-refractivity contribution in [2.24, 2.45) is 11.8 Å². The molecule has 0 N–H and O–H groups in total. The van der Waals surface area contributed by atoms with Gasteiger partial charge >= 0.3 is 0 Å². The number of piperidine rings is 1. The van der Waals surface area contributed by atoms with Crippen LogP contribution in [0.25, 0.3) is 0 Å². The van der Waals surface area contributed by atoms with Gasteiger partial charge in [-0.15, -0.1) is 0 Å². The third-order valence-corrected chi connectivity index (χ3v) is 3.49. The van der Waals surface area contributed by atoms with Crippen LogP contribution in [-0.2, 0) is 4.79 Å². The summed E-state index contributed by atoms with van der Waals surface area (Å²) >= 11 is 0. The lowest BCUT2D eigenvalue weighted by Gasteiger charge is -2.35. The maximum atomic E-state index is 11.4. The van der Waals surface area contributed by atoms with Crippen molar-refractivity contribution in [1.29, 1.82) is 0 Å². The highest BCUT2D eigenvalue weighted by molar-refractivity contribution is 5.81. The standard InChI is InChI=1S/C13H25NO/c1-10(2)5-6-12(4)14-8-7-13(15)11(3)9-14/h10-12H,5-9H2,1-4H3. The number of carbonyl (C=O) groups is 1. The average molecular weight is 211 g/mol. The molecule has 2 heteroatoms. The Morgan fingerprint density at radius 2 is 2.00 bits per heavy atom. The molecule has 0 aromatic rings. The van der Waals surface area contributed by atoms with Crippen LogP contribution in [0.3, 0.4) is 0 Å². The molecule has 1 aliphatic rings. The highest BCUT2D eigenvalue weighted by Gasteiger charge is 2.26. The molecule has 1 fully saturated rings. The highest BCUT2D eigenvalue weighted by Crippen LogP contribution is 2.18. The first kappa shape index (κ1) is 12.7. The second-order valence-electron chi connectivity index (χ2n) is 5.43. The van der Waals surface area contributed by atoms with Crippen molar-refractivity contribution in [1.82, 2.24) is 4.90 Å². The zero-order valence-corrected chi connectivity index (χ0v) is 10.6. The molecule has 1 heterocycles. The summed E-state index contributed by atoms with van der Waals surface area (Å²) in [6.45, 7) is 10.8. The fourth-order valence-corrected chi connectivity index (χ4v) is 2.20. The molecule has 1 rings (SSSR count). The quantitative estimate of drug-likeness (QED) is 0.712. The van der Waals surface area contributed by atoms with E-state index in [1.165, 1.54) is 12.8 Å². The van der Waals surface area contributed by atoms with Gasteiger partial charge in [-0.3, -0.25) is 9.69 Å². The molecule has 2 atom stereocenters. The van der Waals surface area contributed by atoms with E-state index in [0.717, 1.165) is 25.4 Å². The van der Waals surface area contributed by atoms with E-state index in [4.69, 9.17) is 0 Å². The number of hydrogen-bond donors (Lipinski definition) is 0. The first-order valence-corrected chi connectivity index (χ1v) is 6.27. The van der Waals surface area contributed by atoms with Crippen molar-refractivity contribution in [3.63, 3.8) is 0 Å². The Balaban J connectivity index is 2.33. The van der Waals surface area contributed by atoms with E-state index in [1.807, 2.05) is 0 Å². The zero-order valence-electron chi connectivity index (χ0n) is 10.6. The van der Waals surface area contributed by atoms with Crippen LogP contribution in [0, 0.1) is 11.8 Å². The molecular formula is C13H25NO. The highest BCUT2D eigenvalue weighted by atomic mass is 16.1. The molecular weight excluding hydrogens is 186 g/mol. The maximum absolute atomic E-state index is 11.4. The van der Waals surface area contributed by atoms with Gasteiger partial charge in [0.1, 0.15) is 5.78 Å². The topological polar surface area (TPSA) is 20.3 Å². The van der Waals surface area contributed by atoms with E-state index in [2.05, 4.69) is 32.6 Å². The predicted octanol–water partition coefficient (Wildman–Crippen LogP) is 2.72. The normalized spacial score (nSPS) is 25.9. The van der Waals surface area contributed by atoms with Crippen LogP contribution in [0.2, 0.25) is 0 Å². The van der Waals surface area contributed by atoms with Crippen LogP contribution >= 0.6 is 0 Å². The minimum absolute atomic E-state index is 0.250. The van der Waals surface area contributed by atoms with Crippen molar-refractivity contribution in [2.75, 3.05) is 13.1 Å². The van der Waals surface area contributed by atoms with Gasteiger partial charge in [0.2, 0.25) is 0 Å². The minimum Gasteiger partial charge on any atom is -0.300 e. The average Bonchev–Trinajstić information content (AvgIpc) is 2.18. The van der Waals surface area contributed by atoms with Crippen LogP contribution in [0.4, 0.5) is 0 Å². The Morgan fingerprint density at radius 1 is 1.33 bits per heavy atom. The number of Topliss-reactive ketones (excluding diaryl/α,β-unsaturated/α-hetero) is 1. The monoisotopic (exact) mass is 211 g/mol. The van der Waals surface area contributed by atoms with Crippen LogP contribution in [0.1, 0.15) is 47.0 Å². The van der Waals surface area contributed by atoms with Crippen molar-refractivity contribution in [2.45, 2.75) is 53.0 Å². The number of nitrogens with zero attached hydrogens (tertiary/aromatic N) is 1. The third kappa shape index (κ3) is 3.94. The zero-order chi connectivity index (χ0) is 11.4. The van der Waals surface area contributed by atoms with E-state index < -0.39 is 0 Å². The summed E-state index contributed by atoms with van der Waals surface area (Å²) in [7, 11) is 0. The van der Waals surface area contributed by atoms with Crippen LogP contribution < -0.4 is 0 Å². The lowest BCUT2D eigenvalue weighted by Crippen LogP contribution is -2.44. The summed E-state index contributed by atoms with van der Waals surface area (Å²) in [5, 5.41) is 0. The molecule has 0 aromatic carbocycles.